The van der Waals surface area contributed by atoms with E-state index in [4.69, 9.17) is 4.74 Å². The van der Waals surface area contributed by atoms with Gasteiger partial charge in [0, 0.05) is 29.9 Å². The lowest BCUT2D eigenvalue weighted by Gasteiger charge is -2.29. The predicted octanol–water partition coefficient (Wildman–Crippen LogP) is 3.38. The molecule has 0 aliphatic carbocycles. The van der Waals surface area contributed by atoms with E-state index < -0.39 is 0 Å². The van der Waals surface area contributed by atoms with Crippen molar-refractivity contribution in [1.82, 2.24) is 4.98 Å². The molecule has 1 saturated heterocycles. The van der Waals surface area contributed by atoms with Gasteiger partial charge in [-0.15, -0.1) is 0 Å². The van der Waals surface area contributed by atoms with Gasteiger partial charge in [0.05, 0.1) is 0 Å². The zero-order valence-corrected chi connectivity index (χ0v) is 12.0. The van der Waals surface area contributed by atoms with Crippen LogP contribution in [-0.4, -0.2) is 24.2 Å². The number of hydrogen-bond acceptors (Lipinski definition) is 3. The maximum Gasteiger partial charge on any atom is 0.129 e. The molecule has 4 heteroatoms. The molecule has 1 aliphatic rings. The smallest absolute Gasteiger partial charge is 0.129 e. The van der Waals surface area contributed by atoms with E-state index in [0.29, 0.717) is 12.0 Å². The van der Waals surface area contributed by atoms with E-state index in [1.54, 1.807) is 0 Å². The Balaban J connectivity index is 1.99. The van der Waals surface area contributed by atoms with E-state index in [-0.39, 0.29) is 0 Å². The lowest BCUT2D eigenvalue weighted by Crippen LogP contribution is -2.31. The molecule has 1 aromatic rings. The number of rotatable bonds is 3. The fraction of sp³-hybridized carbons (Fsp3) is 0.615. The topological polar surface area (TPSA) is 34.2 Å². The molecule has 0 aromatic carbocycles. The van der Waals surface area contributed by atoms with Crippen LogP contribution < -0.4 is 5.32 Å². The number of nitrogens with zero attached hydrogens (tertiary/aromatic N) is 1. The molecule has 0 amide bonds. The van der Waals surface area contributed by atoms with Crippen molar-refractivity contribution in [3.8, 4) is 0 Å². The lowest BCUT2D eigenvalue weighted by molar-refractivity contribution is 0.0622. The third-order valence-electron chi connectivity index (χ3n) is 3.38. The van der Waals surface area contributed by atoms with Gasteiger partial charge < -0.3 is 10.1 Å². The van der Waals surface area contributed by atoms with E-state index in [0.717, 1.165) is 36.3 Å². The second-order valence-electron chi connectivity index (χ2n) is 4.70. The highest BCUT2D eigenvalue weighted by molar-refractivity contribution is 9.10. The van der Waals surface area contributed by atoms with Crippen LogP contribution in [0.2, 0.25) is 0 Å². The molecule has 1 atom stereocenters. The van der Waals surface area contributed by atoms with Crippen molar-refractivity contribution in [3.05, 3.63) is 22.3 Å². The Morgan fingerprint density at radius 1 is 1.47 bits per heavy atom. The SMILES string of the molecule is Cc1cc(Br)cnc1NC(C)C1CCOCC1. The van der Waals surface area contributed by atoms with E-state index in [9.17, 15) is 0 Å². The van der Waals surface area contributed by atoms with Gasteiger partial charge in [-0.25, -0.2) is 4.98 Å². The Bertz CT molecular complexity index is 378. The van der Waals surface area contributed by atoms with Gasteiger partial charge in [0.15, 0.2) is 0 Å². The Labute approximate surface area is 111 Å². The van der Waals surface area contributed by atoms with Gasteiger partial charge in [-0.05, 0) is 60.2 Å². The summed E-state index contributed by atoms with van der Waals surface area (Å²) in [5.74, 6) is 1.68. The van der Waals surface area contributed by atoms with Crippen LogP contribution in [0.3, 0.4) is 0 Å². The van der Waals surface area contributed by atoms with Gasteiger partial charge >= 0.3 is 0 Å². The predicted molar refractivity (Wildman–Crippen MR) is 73.3 cm³/mol. The summed E-state index contributed by atoms with van der Waals surface area (Å²) in [6, 6.07) is 2.54. The minimum absolute atomic E-state index is 0.450. The molecule has 17 heavy (non-hydrogen) atoms. The summed E-state index contributed by atoms with van der Waals surface area (Å²) in [5, 5.41) is 3.52. The molecule has 1 fully saturated rings. The second kappa shape index (κ2) is 5.83. The molecule has 0 saturated carbocycles. The fourth-order valence-corrected chi connectivity index (χ4v) is 2.69. The number of halogens is 1. The Kier molecular flexibility index (Phi) is 4.40. The Morgan fingerprint density at radius 3 is 2.82 bits per heavy atom. The fourth-order valence-electron chi connectivity index (χ4n) is 2.24. The van der Waals surface area contributed by atoms with E-state index in [1.807, 2.05) is 6.20 Å². The summed E-state index contributed by atoms with van der Waals surface area (Å²) in [5.41, 5.74) is 1.18. The van der Waals surface area contributed by atoms with Gasteiger partial charge in [-0.3, -0.25) is 0 Å². The molecular formula is C13H19BrN2O. The summed E-state index contributed by atoms with van der Waals surface area (Å²) >= 11 is 3.43. The van der Waals surface area contributed by atoms with Crippen LogP contribution in [0.25, 0.3) is 0 Å². The van der Waals surface area contributed by atoms with Crippen LogP contribution in [0.15, 0.2) is 16.7 Å². The van der Waals surface area contributed by atoms with Gasteiger partial charge in [-0.1, -0.05) is 0 Å². The van der Waals surface area contributed by atoms with Crippen LogP contribution in [-0.2, 0) is 4.74 Å². The second-order valence-corrected chi connectivity index (χ2v) is 5.62. The maximum atomic E-state index is 5.39. The molecule has 1 unspecified atom stereocenters. The Hall–Kier alpha value is -0.610. The molecule has 3 nitrogen and oxygen atoms in total. The van der Waals surface area contributed by atoms with Crippen molar-refractivity contribution in [2.45, 2.75) is 32.7 Å². The first-order chi connectivity index (χ1) is 8.16. The maximum absolute atomic E-state index is 5.39. The number of pyridine rings is 1. The minimum atomic E-state index is 0.450. The quantitative estimate of drug-likeness (QED) is 0.929. The molecule has 2 heterocycles. The van der Waals surface area contributed by atoms with Crippen molar-refractivity contribution in [3.63, 3.8) is 0 Å². The molecule has 1 N–H and O–H groups in total. The van der Waals surface area contributed by atoms with Crippen molar-refractivity contribution in [2.24, 2.45) is 5.92 Å². The summed E-state index contributed by atoms with van der Waals surface area (Å²) in [4.78, 5) is 4.42. The van der Waals surface area contributed by atoms with Crippen LogP contribution in [0.5, 0.6) is 0 Å². The largest absolute Gasteiger partial charge is 0.381 e. The number of aromatic nitrogens is 1. The molecular weight excluding hydrogens is 280 g/mol. The Morgan fingerprint density at radius 2 is 2.18 bits per heavy atom. The van der Waals surface area contributed by atoms with Gasteiger partial charge in [-0.2, -0.15) is 0 Å². The standard InChI is InChI=1S/C13H19BrN2O/c1-9-7-12(14)8-15-13(9)16-10(2)11-3-5-17-6-4-11/h7-8,10-11H,3-6H2,1-2H3,(H,15,16). The molecule has 2 rings (SSSR count). The van der Waals surface area contributed by atoms with Crippen LogP contribution >= 0.6 is 15.9 Å². The highest BCUT2D eigenvalue weighted by atomic mass is 79.9. The average molecular weight is 299 g/mol. The van der Waals surface area contributed by atoms with E-state index in [2.05, 4.69) is 46.1 Å². The van der Waals surface area contributed by atoms with E-state index >= 15 is 0 Å². The van der Waals surface area contributed by atoms with E-state index in [1.165, 1.54) is 5.56 Å². The van der Waals surface area contributed by atoms with Gasteiger partial charge in [0.2, 0.25) is 0 Å². The number of aryl methyl sites for hydroxylation is 1. The minimum Gasteiger partial charge on any atom is -0.381 e. The molecule has 1 aliphatic heterocycles. The van der Waals surface area contributed by atoms with Crippen molar-refractivity contribution in [2.75, 3.05) is 18.5 Å². The van der Waals surface area contributed by atoms with Crippen molar-refractivity contribution < 1.29 is 4.74 Å². The van der Waals surface area contributed by atoms with Crippen molar-refractivity contribution in [1.29, 1.82) is 0 Å². The number of ether oxygens (including phenoxy) is 1. The molecule has 0 radical (unpaired) electrons. The average Bonchev–Trinajstić information content (AvgIpc) is 2.34. The van der Waals surface area contributed by atoms with Gasteiger partial charge in [0.1, 0.15) is 5.82 Å². The van der Waals surface area contributed by atoms with Crippen LogP contribution in [0.4, 0.5) is 5.82 Å². The molecule has 0 spiro atoms. The summed E-state index contributed by atoms with van der Waals surface area (Å²) in [6.45, 7) is 6.10. The zero-order valence-electron chi connectivity index (χ0n) is 10.4. The van der Waals surface area contributed by atoms with Crippen molar-refractivity contribution >= 4 is 21.7 Å². The number of anilines is 1. The summed E-state index contributed by atoms with van der Waals surface area (Å²) in [6.07, 6.45) is 4.12. The third-order valence-corrected chi connectivity index (χ3v) is 3.82. The monoisotopic (exact) mass is 298 g/mol. The number of hydrogen-bond donors (Lipinski definition) is 1. The first kappa shape index (κ1) is 12.8. The number of nitrogens with one attached hydrogen (secondary N) is 1. The van der Waals surface area contributed by atoms with Crippen LogP contribution in [0.1, 0.15) is 25.3 Å². The molecule has 1 aromatic heterocycles. The van der Waals surface area contributed by atoms with Gasteiger partial charge in [0.25, 0.3) is 0 Å². The summed E-state index contributed by atoms with van der Waals surface area (Å²) < 4.78 is 6.42. The highest BCUT2D eigenvalue weighted by Crippen LogP contribution is 2.23. The highest BCUT2D eigenvalue weighted by Gasteiger charge is 2.20. The molecule has 94 valence electrons. The first-order valence-electron chi connectivity index (χ1n) is 6.13. The third kappa shape index (κ3) is 3.42. The summed E-state index contributed by atoms with van der Waals surface area (Å²) in [7, 11) is 0. The normalized spacial score (nSPS) is 19.0. The lowest BCUT2D eigenvalue weighted by atomic mass is 9.93. The first-order valence-corrected chi connectivity index (χ1v) is 6.92. The zero-order chi connectivity index (χ0) is 12.3. The molecule has 0 bridgehead atoms. The van der Waals surface area contributed by atoms with Crippen LogP contribution in [0, 0.1) is 12.8 Å².